The highest BCUT2D eigenvalue weighted by atomic mass is 16.5. The van der Waals surface area contributed by atoms with E-state index in [1.807, 2.05) is 18.3 Å². The second-order valence-corrected chi connectivity index (χ2v) is 6.97. The van der Waals surface area contributed by atoms with Crippen molar-refractivity contribution in [1.29, 1.82) is 0 Å². The van der Waals surface area contributed by atoms with Crippen LogP contribution < -0.4 is 9.64 Å². The molecule has 0 spiro atoms. The lowest BCUT2D eigenvalue weighted by atomic mass is 10.1. The third-order valence-corrected chi connectivity index (χ3v) is 5.38. The molecule has 0 aliphatic carbocycles. The number of methoxy groups -OCH3 is 1. The summed E-state index contributed by atoms with van der Waals surface area (Å²) in [5.74, 6) is 1.81. The summed E-state index contributed by atoms with van der Waals surface area (Å²) < 4.78 is 5.48. The van der Waals surface area contributed by atoms with E-state index in [4.69, 9.17) is 4.74 Å². The van der Waals surface area contributed by atoms with Crippen molar-refractivity contribution in [2.45, 2.75) is 19.4 Å². The Morgan fingerprint density at radius 2 is 2.08 bits per heavy atom. The van der Waals surface area contributed by atoms with Crippen molar-refractivity contribution in [3.8, 4) is 5.75 Å². The summed E-state index contributed by atoms with van der Waals surface area (Å²) in [6, 6.07) is 12.9. The van der Waals surface area contributed by atoms with E-state index in [0.717, 1.165) is 44.2 Å². The zero-order valence-corrected chi connectivity index (χ0v) is 15.5. The maximum Gasteiger partial charge on any atom is 0.171 e. The second kappa shape index (κ2) is 7.38. The van der Waals surface area contributed by atoms with Crippen molar-refractivity contribution in [3.05, 3.63) is 54.4 Å². The Hall–Kier alpha value is -2.53. The van der Waals surface area contributed by atoms with Crippen LogP contribution in [-0.4, -0.2) is 54.2 Å². The van der Waals surface area contributed by atoms with Gasteiger partial charge in [0.1, 0.15) is 0 Å². The average molecular weight is 350 g/mol. The number of nitrogens with one attached hydrogen (secondary N) is 1. The number of hydrogen-bond donors (Lipinski definition) is 1. The predicted molar refractivity (Wildman–Crippen MR) is 106 cm³/mol. The lowest BCUT2D eigenvalue weighted by Gasteiger charge is -2.40. The number of rotatable bonds is 5. The second-order valence-electron chi connectivity index (χ2n) is 6.97. The van der Waals surface area contributed by atoms with E-state index in [1.165, 1.54) is 16.5 Å². The fraction of sp³-hybridized carbons (Fsp3) is 0.381. The average Bonchev–Trinajstić information content (AvgIpc) is 3.10. The molecule has 5 heteroatoms. The first-order valence-corrected chi connectivity index (χ1v) is 9.29. The van der Waals surface area contributed by atoms with E-state index in [2.05, 4.69) is 57.2 Å². The van der Waals surface area contributed by atoms with Gasteiger partial charge in [-0.3, -0.25) is 4.90 Å². The molecule has 0 bridgehead atoms. The zero-order valence-electron chi connectivity index (χ0n) is 15.5. The summed E-state index contributed by atoms with van der Waals surface area (Å²) in [6.45, 7) is 6.38. The van der Waals surface area contributed by atoms with Gasteiger partial charge in [0, 0.05) is 55.5 Å². The maximum absolute atomic E-state index is 5.48. The van der Waals surface area contributed by atoms with Gasteiger partial charge in [-0.25, -0.2) is 4.98 Å². The van der Waals surface area contributed by atoms with Gasteiger partial charge in [0.05, 0.1) is 7.11 Å². The third-order valence-electron chi connectivity index (χ3n) is 5.38. The summed E-state index contributed by atoms with van der Waals surface area (Å²) >= 11 is 0. The molecule has 3 aromatic rings. The van der Waals surface area contributed by atoms with Gasteiger partial charge in [0.25, 0.3) is 0 Å². The molecule has 3 heterocycles. The highest BCUT2D eigenvalue weighted by Crippen LogP contribution is 2.27. The Balaban J connectivity index is 1.40. The molecule has 1 aliphatic heterocycles. The minimum Gasteiger partial charge on any atom is -0.493 e. The first-order valence-electron chi connectivity index (χ1n) is 9.29. The van der Waals surface area contributed by atoms with E-state index < -0.39 is 0 Å². The van der Waals surface area contributed by atoms with Gasteiger partial charge in [0.2, 0.25) is 0 Å². The quantitative estimate of drug-likeness (QED) is 0.767. The van der Waals surface area contributed by atoms with Gasteiger partial charge in [-0.2, -0.15) is 0 Å². The van der Waals surface area contributed by atoms with Crippen LogP contribution in [0.3, 0.4) is 0 Å². The van der Waals surface area contributed by atoms with Gasteiger partial charge in [0.15, 0.2) is 11.6 Å². The number of anilines is 1. The topological polar surface area (TPSA) is 44.4 Å². The molecule has 1 unspecified atom stereocenters. The number of hydrogen-bond acceptors (Lipinski definition) is 4. The summed E-state index contributed by atoms with van der Waals surface area (Å²) in [4.78, 5) is 12.8. The molecule has 1 N–H and O–H groups in total. The molecule has 0 radical (unpaired) electrons. The first-order chi connectivity index (χ1) is 12.8. The van der Waals surface area contributed by atoms with Crippen LogP contribution in [0.15, 0.2) is 48.8 Å². The molecular weight excluding hydrogens is 324 g/mol. The number of piperazine rings is 1. The molecule has 1 aliphatic rings. The van der Waals surface area contributed by atoms with Gasteiger partial charge >= 0.3 is 0 Å². The van der Waals surface area contributed by atoms with E-state index in [0.29, 0.717) is 6.04 Å². The molecule has 0 saturated carbocycles. The van der Waals surface area contributed by atoms with Crippen LogP contribution in [0.5, 0.6) is 5.75 Å². The Morgan fingerprint density at radius 1 is 1.19 bits per heavy atom. The monoisotopic (exact) mass is 350 g/mol. The largest absolute Gasteiger partial charge is 0.493 e. The number of benzene rings is 1. The number of para-hydroxylation sites is 1. The van der Waals surface area contributed by atoms with Crippen molar-refractivity contribution in [3.63, 3.8) is 0 Å². The lowest BCUT2D eigenvalue weighted by molar-refractivity contribution is 0.191. The van der Waals surface area contributed by atoms with Crippen LogP contribution >= 0.6 is 0 Å². The first kappa shape index (κ1) is 16.9. The predicted octanol–water partition coefficient (Wildman–Crippen LogP) is 3.32. The fourth-order valence-electron chi connectivity index (χ4n) is 3.90. The number of ether oxygens (including phenoxy) is 1. The summed E-state index contributed by atoms with van der Waals surface area (Å²) in [5, 5.41) is 1.34. The number of pyridine rings is 1. The minimum absolute atomic E-state index is 0.487. The molecule has 136 valence electrons. The van der Waals surface area contributed by atoms with E-state index in [9.17, 15) is 0 Å². The number of aromatic amines is 1. The van der Waals surface area contributed by atoms with Gasteiger partial charge in [-0.05, 0) is 37.1 Å². The van der Waals surface area contributed by atoms with Gasteiger partial charge in [-0.1, -0.05) is 18.2 Å². The summed E-state index contributed by atoms with van der Waals surface area (Å²) in [5.41, 5.74) is 2.63. The number of fused-ring (bicyclic) bond motifs is 1. The van der Waals surface area contributed by atoms with Crippen molar-refractivity contribution in [2.75, 3.05) is 38.2 Å². The molecule has 0 amide bonds. The van der Waals surface area contributed by atoms with Gasteiger partial charge in [-0.15, -0.1) is 0 Å². The van der Waals surface area contributed by atoms with Crippen LogP contribution in [0.2, 0.25) is 0 Å². The molecule has 1 saturated heterocycles. The molecular formula is C21H26N4O. The number of aromatic nitrogens is 2. The highest BCUT2D eigenvalue weighted by Gasteiger charge is 2.26. The zero-order chi connectivity index (χ0) is 17.9. The maximum atomic E-state index is 5.48. The molecule has 1 atom stereocenters. The van der Waals surface area contributed by atoms with Gasteiger partial charge < -0.3 is 14.6 Å². The standard InChI is InChI=1S/C21H26N4O/c1-16-15-25(21-20(26-2)8-5-10-22-21)13-12-24(16)11-9-17-14-23-19-7-4-3-6-18(17)19/h3-8,10,14,16,23H,9,11-13,15H2,1-2H3. The molecule has 5 nitrogen and oxygen atoms in total. The van der Waals surface area contributed by atoms with Crippen LogP contribution in [0.1, 0.15) is 12.5 Å². The van der Waals surface area contributed by atoms with Crippen LogP contribution in [0, 0.1) is 0 Å². The Bertz CT molecular complexity index is 875. The Kier molecular flexibility index (Phi) is 4.80. The molecule has 26 heavy (non-hydrogen) atoms. The lowest BCUT2D eigenvalue weighted by Crippen LogP contribution is -2.52. The van der Waals surface area contributed by atoms with Crippen LogP contribution in [0.25, 0.3) is 10.9 Å². The summed E-state index contributed by atoms with van der Waals surface area (Å²) in [7, 11) is 1.71. The van der Waals surface area contributed by atoms with Crippen molar-refractivity contribution < 1.29 is 4.74 Å². The summed E-state index contributed by atoms with van der Waals surface area (Å²) in [6.07, 6.45) is 5.07. The molecule has 2 aromatic heterocycles. The Labute approximate surface area is 154 Å². The van der Waals surface area contributed by atoms with E-state index in [1.54, 1.807) is 7.11 Å². The normalized spacial score (nSPS) is 18.4. The van der Waals surface area contributed by atoms with Crippen molar-refractivity contribution >= 4 is 16.7 Å². The van der Waals surface area contributed by atoms with E-state index >= 15 is 0 Å². The number of nitrogens with zero attached hydrogens (tertiary/aromatic N) is 3. The fourth-order valence-corrected chi connectivity index (χ4v) is 3.90. The van der Waals surface area contributed by atoms with Crippen LogP contribution in [-0.2, 0) is 6.42 Å². The van der Waals surface area contributed by atoms with Crippen molar-refractivity contribution in [2.24, 2.45) is 0 Å². The van der Waals surface area contributed by atoms with Crippen LogP contribution in [0.4, 0.5) is 5.82 Å². The smallest absolute Gasteiger partial charge is 0.171 e. The Morgan fingerprint density at radius 3 is 2.92 bits per heavy atom. The SMILES string of the molecule is COc1cccnc1N1CCN(CCc2c[nH]c3ccccc23)C(C)C1. The molecule has 4 rings (SSSR count). The highest BCUT2D eigenvalue weighted by molar-refractivity contribution is 5.83. The third kappa shape index (κ3) is 3.27. The number of H-pyrrole nitrogens is 1. The van der Waals surface area contributed by atoms with Crippen molar-refractivity contribution in [1.82, 2.24) is 14.9 Å². The molecule has 1 fully saturated rings. The van der Waals surface area contributed by atoms with E-state index in [-0.39, 0.29) is 0 Å². The molecule has 1 aromatic carbocycles. The minimum atomic E-state index is 0.487.